The summed E-state index contributed by atoms with van der Waals surface area (Å²) in [5.41, 5.74) is 0. The minimum absolute atomic E-state index is 0.371. The van der Waals surface area contributed by atoms with Crippen LogP contribution in [0.15, 0.2) is 35.1 Å². The number of furan rings is 1. The number of aromatic nitrogens is 2. The van der Waals surface area contributed by atoms with Gasteiger partial charge in [0.1, 0.15) is 12.4 Å². The Hall–Kier alpha value is -2.04. The van der Waals surface area contributed by atoms with Gasteiger partial charge in [0.25, 0.3) is 0 Å². The van der Waals surface area contributed by atoms with Crippen LogP contribution in [0.5, 0.6) is 5.88 Å². The second-order valence-corrected chi connectivity index (χ2v) is 3.12. The van der Waals surface area contributed by atoms with Crippen molar-refractivity contribution in [3.63, 3.8) is 0 Å². The summed E-state index contributed by atoms with van der Waals surface area (Å²) in [6.45, 7) is 3.14. The lowest BCUT2D eigenvalue weighted by atomic mass is 10.5. The Morgan fingerprint density at radius 3 is 3.12 bits per heavy atom. The number of rotatable bonds is 5. The first kappa shape index (κ1) is 10.5. The molecule has 0 aliphatic heterocycles. The van der Waals surface area contributed by atoms with Crippen LogP contribution in [-0.4, -0.2) is 16.5 Å². The Labute approximate surface area is 93.5 Å². The van der Waals surface area contributed by atoms with Gasteiger partial charge in [0.2, 0.25) is 11.8 Å². The lowest BCUT2D eigenvalue weighted by Crippen LogP contribution is -2.03. The fourth-order valence-electron chi connectivity index (χ4n) is 1.21. The number of nitrogens with one attached hydrogen (secondary N) is 1. The van der Waals surface area contributed by atoms with E-state index >= 15 is 0 Å². The van der Waals surface area contributed by atoms with Crippen molar-refractivity contribution in [1.29, 1.82) is 0 Å². The van der Waals surface area contributed by atoms with Crippen LogP contribution in [0.3, 0.4) is 0 Å². The van der Waals surface area contributed by atoms with E-state index in [4.69, 9.17) is 9.15 Å². The van der Waals surface area contributed by atoms with Crippen LogP contribution in [0.4, 0.5) is 5.95 Å². The van der Waals surface area contributed by atoms with Crippen molar-refractivity contribution in [2.75, 3.05) is 11.9 Å². The largest absolute Gasteiger partial charge is 0.469 e. The molecule has 5 heteroatoms. The van der Waals surface area contributed by atoms with Crippen molar-refractivity contribution in [2.24, 2.45) is 0 Å². The van der Waals surface area contributed by atoms with Gasteiger partial charge >= 0.3 is 0 Å². The third kappa shape index (κ3) is 2.73. The summed E-state index contributed by atoms with van der Waals surface area (Å²) in [6, 6.07) is 5.39. The van der Waals surface area contributed by atoms with E-state index in [9.17, 15) is 0 Å². The molecule has 2 rings (SSSR count). The summed E-state index contributed by atoms with van der Waals surface area (Å²) in [7, 11) is 0. The van der Waals surface area contributed by atoms with Crippen LogP contribution < -0.4 is 10.1 Å². The fourth-order valence-corrected chi connectivity index (χ4v) is 1.21. The minimum Gasteiger partial charge on any atom is -0.469 e. The summed E-state index contributed by atoms with van der Waals surface area (Å²) in [5, 5.41) is 3.02. The molecule has 2 heterocycles. The zero-order valence-corrected chi connectivity index (χ0v) is 9.01. The van der Waals surface area contributed by atoms with Gasteiger partial charge in [-0.3, -0.25) is 0 Å². The maximum atomic E-state index is 5.45. The number of hydrogen-bond acceptors (Lipinski definition) is 5. The molecule has 0 unspecified atom stereocenters. The highest BCUT2D eigenvalue weighted by Crippen LogP contribution is 2.11. The second kappa shape index (κ2) is 5.16. The zero-order chi connectivity index (χ0) is 11.2. The molecule has 2 aromatic heterocycles. The normalized spacial score (nSPS) is 10.1. The zero-order valence-electron chi connectivity index (χ0n) is 9.01. The van der Waals surface area contributed by atoms with E-state index in [1.807, 2.05) is 19.1 Å². The third-order valence-electron chi connectivity index (χ3n) is 1.91. The van der Waals surface area contributed by atoms with Crippen LogP contribution >= 0.6 is 0 Å². The summed E-state index contributed by atoms with van der Waals surface area (Å²) in [4.78, 5) is 8.22. The first-order valence-electron chi connectivity index (χ1n) is 5.10. The van der Waals surface area contributed by atoms with Crippen molar-refractivity contribution in [2.45, 2.75) is 13.5 Å². The van der Waals surface area contributed by atoms with E-state index in [1.54, 1.807) is 18.5 Å². The Bertz CT molecular complexity index is 429. The third-order valence-corrected chi connectivity index (χ3v) is 1.91. The minimum atomic E-state index is 0.371. The lowest BCUT2D eigenvalue weighted by Gasteiger charge is -2.05. The highest BCUT2D eigenvalue weighted by Gasteiger charge is 2.01. The molecule has 16 heavy (non-hydrogen) atoms. The van der Waals surface area contributed by atoms with Crippen molar-refractivity contribution in [3.8, 4) is 5.88 Å². The van der Waals surface area contributed by atoms with E-state index in [0.717, 1.165) is 12.3 Å². The Kier molecular flexibility index (Phi) is 3.38. The standard InChI is InChI=1S/C11H13N3O2/c1-2-12-11-13-6-5-10(14-11)16-8-9-4-3-7-15-9/h3-7H,2,8H2,1H3,(H,12,13,14). The Balaban J connectivity index is 1.96. The molecule has 5 nitrogen and oxygen atoms in total. The van der Waals surface area contributed by atoms with E-state index in [0.29, 0.717) is 18.4 Å². The van der Waals surface area contributed by atoms with Crippen LogP contribution in [0, 0.1) is 0 Å². The molecule has 84 valence electrons. The Morgan fingerprint density at radius 1 is 1.44 bits per heavy atom. The fraction of sp³-hybridized carbons (Fsp3) is 0.273. The maximum absolute atomic E-state index is 5.45. The van der Waals surface area contributed by atoms with Crippen LogP contribution in [0.25, 0.3) is 0 Å². The first-order chi connectivity index (χ1) is 7.88. The average Bonchev–Trinajstić information content (AvgIpc) is 2.80. The molecule has 0 aliphatic rings. The van der Waals surface area contributed by atoms with Crippen molar-refractivity contribution < 1.29 is 9.15 Å². The van der Waals surface area contributed by atoms with Gasteiger partial charge < -0.3 is 14.5 Å². The molecule has 0 atom stereocenters. The molecule has 0 radical (unpaired) electrons. The average molecular weight is 219 g/mol. The van der Waals surface area contributed by atoms with Gasteiger partial charge in [-0.1, -0.05) is 0 Å². The summed E-state index contributed by atoms with van der Waals surface area (Å²) >= 11 is 0. The van der Waals surface area contributed by atoms with Gasteiger partial charge in [-0.2, -0.15) is 4.98 Å². The van der Waals surface area contributed by atoms with Gasteiger partial charge in [-0.25, -0.2) is 4.98 Å². The summed E-state index contributed by atoms with van der Waals surface area (Å²) in [5.74, 6) is 1.87. The summed E-state index contributed by atoms with van der Waals surface area (Å²) in [6.07, 6.45) is 3.27. The predicted molar refractivity (Wildman–Crippen MR) is 59.2 cm³/mol. The van der Waals surface area contributed by atoms with Gasteiger partial charge in [-0.15, -0.1) is 0 Å². The van der Waals surface area contributed by atoms with Crippen LogP contribution in [0.2, 0.25) is 0 Å². The quantitative estimate of drug-likeness (QED) is 0.834. The summed E-state index contributed by atoms with van der Waals surface area (Å²) < 4.78 is 10.6. The van der Waals surface area contributed by atoms with Gasteiger partial charge in [-0.05, 0) is 19.1 Å². The van der Waals surface area contributed by atoms with E-state index in [1.165, 1.54) is 0 Å². The molecule has 0 aliphatic carbocycles. The molecule has 0 fully saturated rings. The molecule has 0 saturated heterocycles. The van der Waals surface area contributed by atoms with Crippen molar-refractivity contribution >= 4 is 5.95 Å². The molecule has 0 aromatic carbocycles. The maximum Gasteiger partial charge on any atom is 0.225 e. The molecule has 0 saturated carbocycles. The molecule has 0 spiro atoms. The van der Waals surface area contributed by atoms with E-state index in [2.05, 4.69) is 15.3 Å². The van der Waals surface area contributed by atoms with Crippen LogP contribution in [0.1, 0.15) is 12.7 Å². The highest BCUT2D eigenvalue weighted by atomic mass is 16.5. The number of anilines is 1. The second-order valence-electron chi connectivity index (χ2n) is 3.12. The molecular formula is C11H13N3O2. The molecule has 0 bridgehead atoms. The molecule has 0 amide bonds. The van der Waals surface area contributed by atoms with E-state index in [-0.39, 0.29) is 0 Å². The lowest BCUT2D eigenvalue weighted by molar-refractivity contribution is 0.260. The number of hydrogen-bond donors (Lipinski definition) is 1. The van der Waals surface area contributed by atoms with Crippen LogP contribution in [-0.2, 0) is 6.61 Å². The predicted octanol–water partition coefficient (Wildman–Crippen LogP) is 2.08. The Morgan fingerprint density at radius 2 is 2.38 bits per heavy atom. The van der Waals surface area contributed by atoms with E-state index < -0.39 is 0 Å². The van der Waals surface area contributed by atoms with Crippen molar-refractivity contribution in [1.82, 2.24) is 9.97 Å². The monoisotopic (exact) mass is 219 g/mol. The molecule has 1 N–H and O–H groups in total. The smallest absolute Gasteiger partial charge is 0.225 e. The number of ether oxygens (including phenoxy) is 1. The molecular weight excluding hydrogens is 206 g/mol. The van der Waals surface area contributed by atoms with Gasteiger partial charge in [0.15, 0.2) is 0 Å². The SMILES string of the molecule is CCNc1nccc(OCc2ccco2)n1. The van der Waals surface area contributed by atoms with Gasteiger partial charge in [0.05, 0.1) is 6.26 Å². The topological polar surface area (TPSA) is 60.2 Å². The van der Waals surface area contributed by atoms with Gasteiger partial charge in [0, 0.05) is 18.8 Å². The highest BCUT2D eigenvalue weighted by molar-refractivity contribution is 5.26. The van der Waals surface area contributed by atoms with Crippen molar-refractivity contribution in [3.05, 3.63) is 36.4 Å². The molecule has 2 aromatic rings. The first-order valence-corrected chi connectivity index (χ1v) is 5.10. The number of nitrogens with zero attached hydrogens (tertiary/aromatic N) is 2.